The molecule has 2 aromatic carbocycles. The van der Waals surface area contributed by atoms with Gasteiger partial charge in [-0.25, -0.2) is 0 Å². The highest BCUT2D eigenvalue weighted by atomic mass is 31.2. The average molecular weight is 315 g/mol. The topological polar surface area (TPSA) is 55.4 Å². The molecule has 4 nitrogen and oxygen atoms in total. The van der Waals surface area contributed by atoms with Crippen molar-refractivity contribution in [1.29, 1.82) is 0 Å². The number of rotatable bonds is 5. The van der Waals surface area contributed by atoms with Crippen LogP contribution in [0, 0.1) is 0 Å². The van der Waals surface area contributed by atoms with Crippen molar-refractivity contribution < 1.29 is 13.9 Å². The fraction of sp³-hybridized carbons (Fsp3) is 0.118. The van der Waals surface area contributed by atoms with Gasteiger partial charge in [-0.05, 0) is 23.8 Å². The van der Waals surface area contributed by atoms with Crippen LogP contribution < -0.4 is 5.32 Å². The zero-order valence-electron chi connectivity index (χ0n) is 12.5. The largest absolute Gasteiger partial charge is 0.328 e. The molecule has 2 aromatic rings. The second-order valence-electron chi connectivity index (χ2n) is 4.79. The number of carbonyl (C=O) groups is 1. The SMILES string of the molecule is COP(C)(=O)/C(=C/c1ccccc1)NC(=O)c1ccccc1. The Morgan fingerprint density at radius 3 is 2.14 bits per heavy atom. The lowest BCUT2D eigenvalue weighted by Gasteiger charge is -2.16. The van der Waals surface area contributed by atoms with E-state index in [-0.39, 0.29) is 11.3 Å². The van der Waals surface area contributed by atoms with Crippen molar-refractivity contribution >= 4 is 19.4 Å². The van der Waals surface area contributed by atoms with E-state index in [2.05, 4.69) is 5.32 Å². The number of carbonyl (C=O) groups excluding carboxylic acids is 1. The van der Waals surface area contributed by atoms with Crippen LogP contribution in [0.5, 0.6) is 0 Å². The highest BCUT2D eigenvalue weighted by Crippen LogP contribution is 2.49. The average Bonchev–Trinajstić information content (AvgIpc) is 2.56. The summed E-state index contributed by atoms with van der Waals surface area (Å²) in [4.78, 5) is 12.3. The van der Waals surface area contributed by atoms with Crippen LogP contribution in [0.3, 0.4) is 0 Å². The van der Waals surface area contributed by atoms with Crippen molar-refractivity contribution in [3.63, 3.8) is 0 Å². The van der Waals surface area contributed by atoms with Gasteiger partial charge in [0.25, 0.3) is 5.91 Å². The molecule has 22 heavy (non-hydrogen) atoms. The van der Waals surface area contributed by atoms with E-state index in [1.807, 2.05) is 36.4 Å². The van der Waals surface area contributed by atoms with Crippen molar-refractivity contribution in [2.24, 2.45) is 0 Å². The van der Waals surface area contributed by atoms with Gasteiger partial charge in [0.05, 0.1) is 0 Å². The zero-order valence-corrected chi connectivity index (χ0v) is 13.4. The molecule has 0 bridgehead atoms. The van der Waals surface area contributed by atoms with Crippen LogP contribution in [0.15, 0.2) is 66.1 Å². The summed E-state index contributed by atoms with van der Waals surface area (Å²) in [6.45, 7) is 1.48. The third-order valence-electron chi connectivity index (χ3n) is 3.17. The van der Waals surface area contributed by atoms with E-state index in [9.17, 15) is 9.36 Å². The van der Waals surface area contributed by atoms with Crippen LogP contribution in [0.25, 0.3) is 6.08 Å². The standard InChI is InChI=1S/C17H18NO3P/c1-21-22(2,20)16(13-14-9-5-3-6-10-14)18-17(19)15-11-7-4-8-12-15/h3-13H,1-2H3,(H,18,19)/b16-13+. The molecule has 1 unspecified atom stereocenters. The van der Waals surface area contributed by atoms with Gasteiger partial charge in [-0.15, -0.1) is 0 Å². The smallest absolute Gasteiger partial charge is 0.255 e. The Bertz CT molecular complexity index is 711. The molecule has 0 spiro atoms. The van der Waals surface area contributed by atoms with Crippen LogP contribution in [0.2, 0.25) is 0 Å². The Balaban J connectivity index is 2.32. The molecule has 0 heterocycles. The van der Waals surface area contributed by atoms with Gasteiger partial charge in [0.15, 0.2) is 0 Å². The first-order valence-corrected chi connectivity index (χ1v) is 8.87. The summed E-state index contributed by atoms with van der Waals surface area (Å²) in [6.07, 6.45) is 1.67. The van der Waals surface area contributed by atoms with Crippen LogP contribution >= 0.6 is 7.37 Å². The molecule has 1 N–H and O–H groups in total. The van der Waals surface area contributed by atoms with Crippen LogP contribution in [0.1, 0.15) is 15.9 Å². The Morgan fingerprint density at radius 2 is 1.59 bits per heavy atom. The summed E-state index contributed by atoms with van der Waals surface area (Å²) in [5.41, 5.74) is 1.61. The van der Waals surface area contributed by atoms with Crippen molar-refractivity contribution in [3.8, 4) is 0 Å². The van der Waals surface area contributed by atoms with E-state index >= 15 is 0 Å². The molecule has 2 rings (SSSR count). The monoisotopic (exact) mass is 315 g/mol. The minimum absolute atomic E-state index is 0.273. The minimum Gasteiger partial charge on any atom is -0.328 e. The maximum Gasteiger partial charge on any atom is 0.255 e. The Kier molecular flexibility index (Phi) is 5.31. The third-order valence-corrected chi connectivity index (χ3v) is 4.98. The predicted molar refractivity (Wildman–Crippen MR) is 88.9 cm³/mol. The highest BCUT2D eigenvalue weighted by molar-refractivity contribution is 7.62. The Morgan fingerprint density at radius 1 is 1.05 bits per heavy atom. The van der Waals surface area contributed by atoms with E-state index in [4.69, 9.17) is 4.52 Å². The third kappa shape index (κ3) is 4.17. The van der Waals surface area contributed by atoms with Gasteiger partial charge in [0.2, 0.25) is 7.37 Å². The van der Waals surface area contributed by atoms with E-state index in [0.717, 1.165) is 5.56 Å². The molecule has 0 saturated carbocycles. The zero-order chi connectivity index (χ0) is 16.0. The molecular weight excluding hydrogens is 297 g/mol. The molecule has 1 amide bonds. The molecule has 0 saturated heterocycles. The number of nitrogens with one attached hydrogen (secondary N) is 1. The van der Waals surface area contributed by atoms with E-state index < -0.39 is 7.37 Å². The van der Waals surface area contributed by atoms with E-state index in [1.165, 1.54) is 13.8 Å². The van der Waals surface area contributed by atoms with Gasteiger partial charge in [-0.3, -0.25) is 9.36 Å². The van der Waals surface area contributed by atoms with Crippen LogP contribution in [-0.4, -0.2) is 19.7 Å². The van der Waals surface area contributed by atoms with Gasteiger partial charge < -0.3 is 9.84 Å². The Labute approximate surface area is 130 Å². The van der Waals surface area contributed by atoms with E-state index in [0.29, 0.717) is 5.56 Å². The van der Waals surface area contributed by atoms with Crippen LogP contribution in [-0.2, 0) is 9.09 Å². The van der Waals surface area contributed by atoms with Crippen LogP contribution in [0.4, 0.5) is 0 Å². The number of amides is 1. The van der Waals surface area contributed by atoms with Gasteiger partial charge in [-0.2, -0.15) is 0 Å². The Hall–Kier alpha value is -2.16. The first kappa shape index (κ1) is 16.2. The fourth-order valence-corrected chi connectivity index (χ4v) is 2.72. The minimum atomic E-state index is -3.09. The van der Waals surface area contributed by atoms with Gasteiger partial charge in [0, 0.05) is 19.3 Å². The van der Waals surface area contributed by atoms with Gasteiger partial charge in [-0.1, -0.05) is 48.5 Å². The molecule has 0 fully saturated rings. The summed E-state index contributed by atoms with van der Waals surface area (Å²) in [5.74, 6) is -0.318. The molecular formula is C17H18NO3P. The molecule has 0 aliphatic rings. The maximum atomic E-state index is 12.5. The number of benzene rings is 2. The molecule has 0 aliphatic heterocycles. The van der Waals surface area contributed by atoms with Gasteiger partial charge >= 0.3 is 0 Å². The van der Waals surface area contributed by atoms with Gasteiger partial charge in [0.1, 0.15) is 5.44 Å². The molecule has 114 valence electrons. The summed E-state index contributed by atoms with van der Waals surface area (Å²) in [7, 11) is -1.72. The van der Waals surface area contributed by atoms with Crippen molar-refractivity contribution in [2.45, 2.75) is 0 Å². The predicted octanol–water partition coefficient (Wildman–Crippen LogP) is 3.97. The first-order valence-electron chi connectivity index (χ1n) is 6.80. The molecule has 5 heteroatoms. The second-order valence-corrected chi connectivity index (χ2v) is 7.33. The lowest BCUT2D eigenvalue weighted by molar-refractivity contribution is 0.0967. The number of hydrogen-bond acceptors (Lipinski definition) is 3. The molecule has 0 radical (unpaired) electrons. The van der Waals surface area contributed by atoms with Crippen molar-refractivity contribution in [3.05, 3.63) is 77.2 Å². The molecule has 0 aliphatic carbocycles. The lowest BCUT2D eigenvalue weighted by atomic mass is 10.2. The maximum absolute atomic E-state index is 12.5. The fourth-order valence-electron chi connectivity index (χ4n) is 1.84. The second kappa shape index (κ2) is 7.21. The lowest BCUT2D eigenvalue weighted by Crippen LogP contribution is -2.23. The molecule has 1 atom stereocenters. The summed E-state index contributed by atoms with van der Waals surface area (Å²) in [5, 5.41) is 2.71. The van der Waals surface area contributed by atoms with Crippen molar-refractivity contribution in [1.82, 2.24) is 5.32 Å². The summed E-state index contributed by atoms with van der Waals surface area (Å²) >= 11 is 0. The first-order chi connectivity index (χ1) is 10.5. The summed E-state index contributed by atoms with van der Waals surface area (Å²) in [6, 6.07) is 18.1. The quantitative estimate of drug-likeness (QED) is 0.849. The normalized spacial score (nSPS) is 14.2. The highest BCUT2D eigenvalue weighted by Gasteiger charge is 2.23. The summed E-state index contributed by atoms with van der Waals surface area (Å²) < 4.78 is 17.6. The van der Waals surface area contributed by atoms with E-state index in [1.54, 1.807) is 30.3 Å². The number of hydrogen-bond donors (Lipinski definition) is 1. The van der Waals surface area contributed by atoms with Crippen molar-refractivity contribution in [2.75, 3.05) is 13.8 Å². The molecule has 0 aromatic heterocycles.